The Bertz CT molecular complexity index is 880. The predicted octanol–water partition coefficient (Wildman–Crippen LogP) is 10.5. The average molecular weight is 709 g/mol. The summed E-state index contributed by atoms with van der Waals surface area (Å²) < 4.78 is 17.2. The van der Waals surface area contributed by atoms with Crippen molar-refractivity contribution in [1.29, 1.82) is 0 Å². The molecule has 1 N–H and O–H groups in total. The lowest BCUT2D eigenvalue weighted by Gasteiger charge is -2.31. The van der Waals surface area contributed by atoms with E-state index in [1.54, 1.807) is 0 Å². The molecule has 50 heavy (non-hydrogen) atoms. The lowest BCUT2D eigenvalue weighted by Crippen LogP contribution is -2.50. The Morgan fingerprint density at radius 1 is 0.580 bits per heavy atom. The van der Waals surface area contributed by atoms with Gasteiger partial charge in [-0.1, -0.05) is 115 Å². The molecule has 8 heteroatoms. The van der Waals surface area contributed by atoms with Gasteiger partial charge in [-0.2, -0.15) is 0 Å². The number of carboxylic acids is 1. The van der Waals surface area contributed by atoms with Crippen LogP contribution in [0.3, 0.4) is 0 Å². The van der Waals surface area contributed by atoms with Gasteiger partial charge in [-0.3, -0.25) is 9.59 Å². The van der Waals surface area contributed by atoms with Crippen LogP contribution in [0.1, 0.15) is 174 Å². The number of carbonyl (C=O) groups excluding carboxylic acids is 2. The Balaban J connectivity index is 4.42. The molecule has 8 nitrogen and oxygen atoms in total. The highest BCUT2D eigenvalue weighted by atomic mass is 16.6. The van der Waals surface area contributed by atoms with Gasteiger partial charge < -0.3 is 23.8 Å². The summed E-state index contributed by atoms with van der Waals surface area (Å²) in [6.07, 6.45) is 35.0. The summed E-state index contributed by atoms with van der Waals surface area (Å²) in [6.45, 7) is 4.68. The molecule has 0 radical (unpaired) electrons. The summed E-state index contributed by atoms with van der Waals surface area (Å²) in [5.41, 5.74) is 0. The second-order valence-corrected chi connectivity index (χ2v) is 14.9. The highest BCUT2D eigenvalue weighted by molar-refractivity contribution is 5.72. The number of esters is 2. The number of carboxylic acid groups (broad SMARTS) is 1. The average Bonchev–Trinajstić information content (AvgIpc) is 3.06. The summed E-state index contributed by atoms with van der Waals surface area (Å²) in [7, 11) is 5.51. The quantitative estimate of drug-likeness (QED) is 0.0299. The highest BCUT2D eigenvalue weighted by Crippen LogP contribution is 2.13. The van der Waals surface area contributed by atoms with Gasteiger partial charge in [0.2, 0.25) is 0 Å². The van der Waals surface area contributed by atoms with E-state index in [1.807, 2.05) is 21.1 Å². The fraction of sp³-hybridized carbons (Fsp3) is 0.833. The monoisotopic (exact) mass is 709 g/mol. The number of hydrogen-bond acceptors (Lipinski definition) is 6. The molecular weight excluding hydrogens is 630 g/mol. The van der Waals surface area contributed by atoms with Gasteiger partial charge in [0, 0.05) is 19.3 Å². The number of nitrogens with zero attached hydrogens (tertiary/aromatic N) is 1. The van der Waals surface area contributed by atoms with E-state index in [0.29, 0.717) is 19.3 Å². The molecule has 0 aromatic heterocycles. The van der Waals surface area contributed by atoms with Gasteiger partial charge in [0.1, 0.15) is 6.61 Å². The second kappa shape index (κ2) is 33.9. The van der Waals surface area contributed by atoms with Gasteiger partial charge in [0.15, 0.2) is 12.1 Å². The van der Waals surface area contributed by atoms with E-state index in [9.17, 15) is 19.5 Å². The van der Waals surface area contributed by atoms with Crippen LogP contribution in [0.4, 0.5) is 0 Å². The van der Waals surface area contributed by atoms with Gasteiger partial charge in [0.05, 0.1) is 34.4 Å². The Morgan fingerprint density at radius 2 is 1.00 bits per heavy atom. The van der Waals surface area contributed by atoms with E-state index in [4.69, 9.17) is 14.2 Å². The van der Waals surface area contributed by atoms with Crippen molar-refractivity contribution in [3.8, 4) is 0 Å². The van der Waals surface area contributed by atoms with Crippen molar-refractivity contribution < 1.29 is 38.2 Å². The van der Waals surface area contributed by atoms with E-state index < -0.39 is 18.1 Å². The van der Waals surface area contributed by atoms with Crippen LogP contribution >= 0.6 is 0 Å². The first-order chi connectivity index (χ1) is 24.1. The topological polar surface area (TPSA) is 99.1 Å². The smallest absolute Gasteiger partial charge is 0.362 e. The molecule has 2 unspecified atom stereocenters. The lowest BCUT2D eigenvalue weighted by molar-refractivity contribution is -0.887. The Morgan fingerprint density at radius 3 is 1.50 bits per heavy atom. The van der Waals surface area contributed by atoms with E-state index in [0.717, 1.165) is 64.2 Å². The molecule has 0 bridgehead atoms. The van der Waals surface area contributed by atoms with Crippen molar-refractivity contribution in [3.63, 3.8) is 0 Å². The van der Waals surface area contributed by atoms with Crippen LogP contribution in [0.25, 0.3) is 0 Å². The number of hydrogen-bond donors (Lipinski definition) is 1. The molecule has 0 aliphatic carbocycles. The van der Waals surface area contributed by atoms with Gasteiger partial charge in [-0.15, -0.1) is 0 Å². The number of allylic oxidation sites excluding steroid dienone is 4. The molecule has 0 aromatic carbocycles. The van der Waals surface area contributed by atoms with Crippen molar-refractivity contribution in [3.05, 3.63) is 24.3 Å². The molecule has 2 atom stereocenters. The minimum absolute atomic E-state index is 0.0552. The lowest BCUT2D eigenvalue weighted by atomic mass is 10.1. The number of unbranched alkanes of at least 4 members (excludes halogenated alkanes) is 18. The van der Waals surface area contributed by atoms with Crippen LogP contribution in [-0.2, 0) is 28.6 Å². The van der Waals surface area contributed by atoms with Gasteiger partial charge in [-0.05, 0) is 64.2 Å². The maximum atomic E-state index is 12.6. The van der Waals surface area contributed by atoms with E-state index in [2.05, 4.69) is 38.2 Å². The van der Waals surface area contributed by atoms with Crippen LogP contribution in [0, 0.1) is 0 Å². The van der Waals surface area contributed by atoms with E-state index >= 15 is 0 Å². The minimum Gasteiger partial charge on any atom is -0.477 e. The van der Waals surface area contributed by atoms with Gasteiger partial charge >= 0.3 is 17.9 Å². The zero-order chi connectivity index (χ0) is 37.1. The standard InChI is InChI=1S/C42H77NO7/c1-6-8-10-12-14-16-18-20-21-23-24-26-28-30-32-40(44)49-37-38(36-48-35-34-39(42(46)47)43(3,4)5)50-41(45)33-31-29-27-25-22-19-17-15-13-11-9-7-2/h15,17,21,23,38-39H,6-14,16,18-20,22,24-37H2,1-5H3/p+1/b17-15+,23-21+. The summed E-state index contributed by atoms with van der Waals surface area (Å²) in [5.74, 6) is -1.50. The first-order valence-electron chi connectivity index (χ1n) is 20.4. The van der Waals surface area contributed by atoms with E-state index in [1.165, 1.54) is 77.0 Å². The van der Waals surface area contributed by atoms with Crippen LogP contribution in [0.2, 0.25) is 0 Å². The summed E-state index contributed by atoms with van der Waals surface area (Å²) >= 11 is 0. The molecule has 0 rings (SSSR count). The van der Waals surface area contributed by atoms with Crippen molar-refractivity contribution in [2.45, 2.75) is 187 Å². The zero-order valence-corrected chi connectivity index (χ0v) is 33.1. The predicted molar refractivity (Wildman–Crippen MR) is 206 cm³/mol. The fourth-order valence-electron chi connectivity index (χ4n) is 5.84. The fourth-order valence-corrected chi connectivity index (χ4v) is 5.84. The number of ether oxygens (including phenoxy) is 3. The van der Waals surface area contributed by atoms with Crippen molar-refractivity contribution in [2.24, 2.45) is 0 Å². The minimum atomic E-state index is -0.878. The Labute approximate surface area is 307 Å². The molecule has 0 amide bonds. The summed E-state index contributed by atoms with van der Waals surface area (Å²) in [5, 5.41) is 9.59. The molecular formula is C42H78NO7+. The molecule has 0 saturated heterocycles. The number of carbonyl (C=O) groups is 3. The molecule has 0 aliphatic rings. The third-order valence-corrected chi connectivity index (χ3v) is 9.07. The number of aliphatic carboxylic acids is 1. The normalized spacial score (nSPS) is 13.2. The number of likely N-dealkylation sites (N-methyl/N-ethyl adjacent to an activating group) is 1. The molecule has 0 heterocycles. The molecule has 0 saturated carbocycles. The highest BCUT2D eigenvalue weighted by Gasteiger charge is 2.31. The Kier molecular flexibility index (Phi) is 32.4. The second-order valence-electron chi connectivity index (χ2n) is 14.9. The molecule has 0 aromatic rings. The molecule has 0 fully saturated rings. The molecule has 292 valence electrons. The van der Waals surface area contributed by atoms with Crippen LogP contribution < -0.4 is 0 Å². The van der Waals surface area contributed by atoms with Crippen LogP contribution in [0.15, 0.2) is 24.3 Å². The summed E-state index contributed by atoms with van der Waals surface area (Å²) in [4.78, 5) is 36.8. The maximum absolute atomic E-state index is 12.6. The first kappa shape index (κ1) is 47.8. The third-order valence-electron chi connectivity index (χ3n) is 9.07. The van der Waals surface area contributed by atoms with Crippen LogP contribution in [0.5, 0.6) is 0 Å². The van der Waals surface area contributed by atoms with Crippen molar-refractivity contribution in [2.75, 3.05) is 41.0 Å². The van der Waals surface area contributed by atoms with Crippen molar-refractivity contribution >= 4 is 17.9 Å². The largest absolute Gasteiger partial charge is 0.477 e. The molecule has 0 spiro atoms. The number of rotatable bonds is 36. The third kappa shape index (κ3) is 31.8. The van der Waals surface area contributed by atoms with Crippen LogP contribution in [-0.4, -0.2) is 80.6 Å². The molecule has 0 aliphatic heterocycles. The van der Waals surface area contributed by atoms with Crippen molar-refractivity contribution in [1.82, 2.24) is 0 Å². The SMILES string of the molecule is CCCCC/C=C/CCCCCCCC(=O)OC(COCCC(C(=O)O)[N+](C)(C)C)COC(=O)CCCCC/C=C/CCCCCCCCC. The van der Waals surface area contributed by atoms with Gasteiger partial charge in [-0.25, -0.2) is 4.79 Å². The zero-order valence-electron chi connectivity index (χ0n) is 33.1. The maximum Gasteiger partial charge on any atom is 0.362 e. The first-order valence-corrected chi connectivity index (χ1v) is 20.4. The summed E-state index contributed by atoms with van der Waals surface area (Å²) in [6, 6.07) is -0.615. The number of quaternary nitrogens is 1. The van der Waals surface area contributed by atoms with Gasteiger partial charge in [0.25, 0.3) is 0 Å². The Hall–Kier alpha value is -2.19. The van der Waals surface area contributed by atoms with E-state index in [-0.39, 0.29) is 36.2 Å².